The second kappa shape index (κ2) is 7.09. The minimum Gasteiger partial charge on any atom is -0.494 e. The predicted molar refractivity (Wildman–Crippen MR) is 92.8 cm³/mol. The first kappa shape index (κ1) is 15.3. The molecule has 0 saturated heterocycles. The molecule has 4 nitrogen and oxygen atoms in total. The first-order valence-electron chi connectivity index (χ1n) is 8.00. The van der Waals surface area contributed by atoms with Gasteiger partial charge in [-0.1, -0.05) is 38.0 Å². The number of benzene rings is 2. The summed E-state index contributed by atoms with van der Waals surface area (Å²) in [6.07, 6.45) is 3.43. The second-order valence-corrected chi connectivity index (χ2v) is 5.52. The number of hydrogen-bond acceptors (Lipinski definition) is 3. The maximum absolute atomic E-state index is 11.8. The van der Waals surface area contributed by atoms with E-state index < -0.39 is 0 Å². The highest BCUT2D eigenvalue weighted by molar-refractivity contribution is 5.91. The smallest absolute Gasteiger partial charge is 0.345 e. The highest BCUT2D eigenvalue weighted by atomic mass is 16.5. The van der Waals surface area contributed by atoms with Crippen LogP contribution in [0.3, 0.4) is 0 Å². The maximum atomic E-state index is 11.8. The number of H-pyrrole nitrogens is 1. The molecule has 1 N–H and O–H groups in total. The lowest BCUT2D eigenvalue weighted by Gasteiger charge is -2.08. The molecule has 0 aliphatic carbocycles. The van der Waals surface area contributed by atoms with E-state index in [4.69, 9.17) is 4.74 Å². The molecule has 0 fully saturated rings. The quantitative estimate of drug-likeness (QED) is 0.696. The number of nitrogens with one attached hydrogen (secondary N) is 1. The van der Waals surface area contributed by atoms with Crippen LogP contribution in [0.2, 0.25) is 0 Å². The van der Waals surface area contributed by atoms with Crippen molar-refractivity contribution in [3.8, 4) is 17.0 Å². The molecule has 2 aromatic carbocycles. The highest BCUT2D eigenvalue weighted by Crippen LogP contribution is 2.26. The van der Waals surface area contributed by atoms with E-state index in [1.54, 1.807) is 0 Å². The number of aromatic nitrogens is 2. The van der Waals surface area contributed by atoms with E-state index >= 15 is 0 Å². The fourth-order valence-electron chi connectivity index (χ4n) is 2.57. The van der Waals surface area contributed by atoms with Crippen LogP contribution in [0, 0.1) is 0 Å². The molecule has 23 heavy (non-hydrogen) atoms. The van der Waals surface area contributed by atoms with Gasteiger partial charge in [0, 0.05) is 10.9 Å². The zero-order valence-electron chi connectivity index (χ0n) is 13.2. The minimum atomic E-state index is -0.335. The van der Waals surface area contributed by atoms with E-state index in [1.807, 2.05) is 48.5 Å². The van der Waals surface area contributed by atoms with Gasteiger partial charge in [0.25, 0.3) is 0 Å². The van der Waals surface area contributed by atoms with E-state index in [-0.39, 0.29) is 5.69 Å². The number of aromatic amines is 1. The summed E-state index contributed by atoms with van der Waals surface area (Å²) in [5, 5.41) is 0.934. The molecule has 0 amide bonds. The first-order chi connectivity index (χ1) is 11.3. The lowest BCUT2D eigenvalue weighted by Crippen LogP contribution is -2.11. The molecule has 0 saturated carbocycles. The summed E-state index contributed by atoms with van der Waals surface area (Å²) in [4.78, 5) is 18.7. The van der Waals surface area contributed by atoms with Gasteiger partial charge in [0.05, 0.1) is 17.8 Å². The van der Waals surface area contributed by atoms with E-state index in [9.17, 15) is 4.79 Å². The van der Waals surface area contributed by atoms with Crippen molar-refractivity contribution in [2.45, 2.75) is 26.2 Å². The van der Waals surface area contributed by atoms with Crippen molar-refractivity contribution in [3.05, 3.63) is 59.0 Å². The van der Waals surface area contributed by atoms with E-state index in [0.29, 0.717) is 5.69 Å². The van der Waals surface area contributed by atoms with Crippen LogP contribution in [-0.2, 0) is 0 Å². The highest BCUT2D eigenvalue weighted by Gasteiger charge is 2.07. The second-order valence-electron chi connectivity index (χ2n) is 5.52. The van der Waals surface area contributed by atoms with Gasteiger partial charge in [0.15, 0.2) is 0 Å². The molecule has 0 spiro atoms. The molecule has 0 aliphatic rings. The largest absolute Gasteiger partial charge is 0.494 e. The maximum Gasteiger partial charge on any atom is 0.345 e. The van der Waals surface area contributed by atoms with Gasteiger partial charge in [0.2, 0.25) is 0 Å². The molecule has 0 bridgehead atoms. The van der Waals surface area contributed by atoms with E-state index in [1.165, 1.54) is 12.8 Å². The number of unbranched alkanes of at least 4 members (excludes halogenated alkanes) is 2. The zero-order valence-corrected chi connectivity index (χ0v) is 13.2. The van der Waals surface area contributed by atoms with Gasteiger partial charge in [0.1, 0.15) is 5.75 Å². The van der Waals surface area contributed by atoms with Crippen molar-refractivity contribution in [3.63, 3.8) is 0 Å². The average molecular weight is 308 g/mol. The SMILES string of the molecule is CCCCCOc1ccc(-c2nc(=O)[nH]c3ccccc23)cc1. The molecule has 3 rings (SSSR count). The molecular formula is C19H20N2O2. The van der Waals surface area contributed by atoms with Crippen LogP contribution >= 0.6 is 0 Å². The third-order valence-electron chi connectivity index (χ3n) is 3.78. The normalized spacial score (nSPS) is 10.8. The Labute approximate surface area is 135 Å². The van der Waals surface area contributed by atoms with Crippen molar-refractivity contribution in [2.24, 2.45) is 0 Å². The van der Waals surface area contributed by atoms with Gasteiger partial charge in [-0.3, -0.25) is 0 Å². The number of rotatable bonds is 6. The number of para-hydroxylation sites is 1. The van der Waals surface area contributed by atoms with Gasteiger partial charge in [-0.2, -0.15) is 4.98 Å². The zero-order chi connectivity index (χ0) is 16.1. The summed E-state index contributed by atoms with van der Waals surface area (Å²) in [7, 11) is 0. The Morgan fingerprint density at radius 3 is 2.61 bits per heavy atom. The van der Waals surface area contributed by atoms with Crippen molar-refractivity contribution >= 4 is 10.9 Å². The third-order valence-corrected chi connectivity index (χ3v) is 3.78. The van der Waals surface area contributed by atoms with Crippen LogP contribution in [0.15, 0.2) is 53.3 Å². The monoisotopic (exact) mass is 308 g/mol. The molecule has 118 valence electrons. The van der Waals surface area contributed by atoms with Crippen LogP contribution < -0.4 is 10.4 Å². The van der Waals surface area contributed by atoms with Gasteiger partial charge in [-0.25, -0.2) is 4.79 Å². The lowest BCUT2D eigenvalue weighted by atomic mass is 10.1. The molecule has 3 aromatic rings. The van der Waals surface area contributed by atoms with Crippen molar-refractivity contribution in [1.82, 2.24) is 9.97 Å². The Hall–Kier alpha value is -2.62. The molecule has 0 unspecified atom stereocenters. The molecule has 4 heteroatoms. The molecule has 0 aliphatic heterocycles. The van der Waals surface area contributed by atoms with Crippen LogP contribution in [0.4, 0.5) is 0 Å². The first-order valence-corrected chi connectivity index (χ1v) is 8.00. The summed E-state index contributed by atoms with van der Waals surface area (Å²) < 4.78 is 5.72. The van der Waals surface area contributed by atoms with Crippen molar-refractivity contribution in [1.29, 1.82) is 0 Å². The van der Waals surface area contributed by atoms with Gasteiger partial charge in [-0.05, 0) is 36.8 Å². The fraction of sp³-hybridized carbons (Fsp3) is 0.263. The fourth-order valence-corrected chi connectivity index (χ4v) is 2.57. The number of nitrogens with zero attached hydrogens (tertiary/aromatic N) is 1. The molecule has 0 radical (unpaired) electrons. The Morgan fingerprint density at radius 2 is 1.83 bits per heavy atom. The van der Waals surface area contributed by atoms with Gasteiger partial charge in [-0.15, -0.1) is 0 Å². The summed E-state index contributed by atoms with van der Waals surface area (Å²) in [5.41, 5.74) is 2.07. The predicted octanol–water partition coefficient (Wildman–Crippen LogP) is 4.16. The molecule has 1 aromatic heterocycles. The number of hydrogen-bond donors (Lipinski definition) is 1. The van der Waals surface area contributed by atoms with Crippen molar-refractivity contribution in [2.75, 3.05) is 6.61 Å². The van der Waals surface area contributed by atoms with Crippen LogP contribution in [-0.4, -0.2) is 16.6 Å². The van der Waals surface area contributed by atoms with Crippen LogP contribution in [0.5, 0.6) is 5.75 Å². The molecular weight excluding hydrogens is 288 g/mol. The van der Waals surface area contributed by atoms with Gasteiger partial charge >= 0.3 is 5.69 Å². The van der Waals surface area contributed by atoms with Crippen molar-refractivity contribution < 1.29 is 4.74 Å². The molecule has 1 heterocycles. The standard InChI is InChI=1S/C19H20N2O2/c1-2-3-6-13-23-15-11-9-14(10-12-15)18-16-7-4-5-8-17(16)20-19(22)21-18/h4-5,7-12H,2-3,6,13H2,1H3,(H,20,21,22). The van der Waals surface area contributed by atoms with E-state index in [0.717, 1.165) is 35.2 Å². The number of ether oxygens (including phenoxy) is 1. The number of fused-ring (bicyclic) bond motifs is 1. The van der Waals surface area contributed by atoms with Crippen LogP contribution in [0.1, 0.15) is 26.2 Å². The Bertz CT molecular complexity index is 838. The third kappa shape index (κ3) is 3.59. The van der Waals surface area contributed by atoms with E-state index in [2.05, 4.69) is 16.9 Å². The summed E-state index contributed by atoms with van der Waals surface area (Å²) in [6, 6.07) is 15.4. The molecule has 0 atom stereocenters. The minimum absolute atomic E-state index is 0.335. The topological polar surface area (TPSA) is 55.0 Å². The lowest BCUT2D eigenvalue weighted by molar-refractivity contribution is 0.306. The average Bonchev–Trinajstić information content (AvgIpc) is 2.58. The summed E-state index contributed by atoms with van der Waals surface area (Å²) in [5.74, 6) is 0.846. The Kier molecular flexibility index (Phi) is 4.71. The summed E-state index contributed by atoms with van der Waals surface area (Å²) in [6.45, 7) is 2.91. The van der Waals surface area contributed by atoms with Crippen LogP contribution in [0.25, 0.3) is 22.2 Å². The Balaban J connectivity index is 1.86. The van der Waals surface area contributed by atoms with Gasteiger partial charge < -0.3 is 9.72 Å². The Morgan fingerprint density at radius 1 is 1.04 bits per heavy atom. The summed E-state index contributed by atoms with van der Waals surface area (Å²) >= 11 is 0.